The molecule has 0 radical (unpaired) electrons. The van der Waals surface area contributed by atoms with Crippen LogP contribution in [0.15, 0.2) is 59.7 Å². The molecule has 0 aliphatic heterocycles. The van der Waals surface area contributed by atoms with Crippen molar-refractivity contribution in [3.05, 3.63) is 80.8 Å². The monoisotopic (exact) mass is 918 g/mol. The summed E-state index contributed by atoms with van der Waals surface area (Å²) in [6.45, 7) is 27.4. The highest BCUT2D eigenvalue weighted by Gasteiger charge is 2.71. The van der Waals surface area contributed by atoms with Gasteiger partial charge in [0.1, 0.15) is 11.7 Å². The van der Waals surface area contributed by atoms with Crippen molar-refractivity contribution in [2.45, 2.75) is 178 Å². The Balaban J connectivity index is 1.14. The maximum atomic E-state index is 14.5. The lowest BCUT2D eigenvalue weighted by atomic mass is 9.33. The van der Waals surface area contributed by atoms with Crippen LogP contribution in [-0.2, 0) is 36.9 Å². The van der Waals surface area contributed by atoms with Gasteiger partial charge in [-0.05, 0) is 167 Å². The van der Waals surface area contributed by atoms with E-state index in [0.717, 1.165) is 68.1 Å². The van der Waals surface area contributed by atoms with Gasteiger partial charge in [-0.1, -0.05) is 102 Å². The van der Waals surface area contributed by atoms with Crippen LogP contribution >= 0.6 is 23.2 Å². The van der Waals surface area contributed by atoms with Crippen LogP contribution in [0.25, 0.3) is 0 Å². The van der Waals surface area contributed by atoms with Crippen LogP contribution < -0.4 is 0 Å². The number of esters is 2. The molecule has 5 aliphatic rings. The average Bonchev–Trinajstić information content (AvgIpc) is 3.50. The average molecular weight is 919 g/mol. The van der Waals surface area contributed by atoms with Crippen molar-refractivity contribution in [2.24, 2.45) is 56.2 Å². The molecule has 0 spiro atoms. The molecule has 0 aromatic heterocycles. The summed E-state index contributed by atoms with van der Waals surface area (Å²) in [7, 11) is 0. The Morgan fingerprint density at radius 3 is 1.91 bits per heavy atom. The van der Waals surface area contributed by atoms with Crippen molar-refractivity contribution in [1.82, 2.24) is 4.90 Å². The highest BCUT2D eigenvalue weighted by molar-refractivity contribution is 6.30. The maximum Gasteiger partial charge on any atom is 0.312 e. The minimum atomic E-state index is -0.991. The maximum absolute atomic E-state index is 14.5. The van der Waals surface area contributed by atoms with E-state index in [1.165, 1.54) is 5.57 Å². The molecule has 9 atom stereocenters. The summed E-state index contributed by atoms with van der Waals surface area (Å²) in [5, 5.41) is 14.3. The Bertz CT molecular complexity index is 2070. The number of allylic oxidation sites excluding steroid dienone is 1. The predicted octanol–water partition coefficient (Wildman–Crippen LogP) is 13.0. The van der Waals surface area contributed by atoms with E-state index in [1.54, 1.807) is 13.8 Å². The van der Waals surface area contributed by atoms with Gasteiger partial charge in [-0.3, -0.25) is 19.3 Å². The minimum Gasteiger partial charge on any atom is -0.462 e. The molecule has 9 heteroatoms. The molecule has 4 saturated carbocycles. The first-order valence-electron chi connectivity index (χ1n) is 24.3. The van der Waals surface area contributed by atoms with Crippen molar-refractivity contribution < 1.29 is 29.0 Å². The number of benzene rings is 2. The smallest absolute Gasteiger partial charge is 0.312 e. The second-order valence-electron chi connectivity index (χ2n) is 24.2. The second kappa shape index (κ2) is 17.4. The summed E-state index contributed by atoms with van der Waals surface area (Å²) in [5.41, 5.74) is 2.03. The number of rotatable bonds is 12. The van der Waals surface area contributed by atoms with Crippen LogP contribution in [-0.4, -0.2) is 52.1 Å². The summed E-state index contributed by atoms with van der Waals surface area (Å²) >= 11 is 12.6. The topological polar surface area (TPSA) is 93.1 Å². The number of hydrogen-bond acceptors (Lipinski definition) is 7. The zero-order valence-corrected chi connectivity index (χ0v) is 42.5. The summed E-state index contributed by atoms with van der Waals surface area (Å²) in [6, 6.07) is 15.9. The van der Waals surface area contributed by atoms with Gasteiger partial charge in [-0.15, -0.1) is 0 Å². The summed E-state index contributed by atoms with van der Waals surface area (Å²) in [4.78, 5) is 43.5. The first-order valence-corrected chi connectivity index (χ1v) is 25.0. The molecule has 7 nitrogen and oxygen atoms in total. The molecule has 2 aromatic carbocycles. The molecule has 0 heterocycles. The molecule has 2 aromatic rings. The second-order valence-corrected chi connectivity index (χ2v) is 25.1. The van der Waals surface area contributed by atoms with E-state index >= 15 is 0 Å². The molecule has 0 amide bonds. The van der Waals surface area contributed by atoms with E-state index in [4.69, 9.17) is 32.7 Å². The molecule has 4 fully saturated rings. The Labute approximate surface area is 394 Å². The van der Waals surface area contributed by atoms with Crippen LogP contribution in [0.3, 0.4) is 0 Å². The largest absolute Gasteiger partial charge is 0.462 e. The molecule has 0 saturated heterocycles. The van der Waals surface area contributed by atoms with Gasteiger partial charge in [-0.2, -0.15) is 0 Å². The third kappa shape index (κ3) is 8.80. The molecular formula is C55H77Cl2NO6. The molecule has 0 bridgehead atoms. The van der Waals surface area contributed by atoms with Gasteiger partial charge in [0.05, 0.1) is 17.9 Å². The Hall–Kier alpha value is -2.71. The number of hydrogen-bond donors (Lipinski definition) is 1. The number of nitrogens with zero attached hydrogens (tertiary/aromatic N) is 1. The zero-order chi connectivity index (χ0) is 47.0. The first-order chi connectivity index (χ1) is 29.7. The number of fused-ring (bicyclic) bond motifs is 7. The van der Waals surface area contributed by atoms with Gasteiger partial charge in [-0.25, -0.2) is 0 Å². The Kier molecular flexibility index (Phi) is 13.4. The third-order valence-electron chi connectivity index (χ3n) is 17.9. The van der Waals surface area contributed by atoms with Crippen LogP contribution in [0.4, 0.5) is 0 Å². The fraction of sp³-hybridized carbons (Fsp3) is 0.691. The lowest BCUT2D eigenvalue weighted by Gasteiger charge is -2.72. The zero-order valence-electron chi connectivity index (χ0n) is 41.0. The van der Waals surface area contributed by atoms with Crippen molar-refractivity contribution in [3.63, 3.8) is 0 Å². The first kappa shape index (κ1) is 49.2. The van der Waals surface area contributed by atoms with Gasteiger partial charge in [0.15, 0.2) is 5.78 Å². The van der Waals surface area contributed by atoms with Gasteiger partial charge in [0.2, 0.25) is 0 Å². The summed E-state index contributed by atoms with van der Waals surface area (Å²) in [6.07, 6.45) is 7.13. The summed E-state index contributed by atoms with van der Waals surface area (Å²) < 4.78 is 12.0. The number of carbonyl (C=O) groups is 3. The van der Waals surface area contributed by atoms with Gasteiger partial charge < -0.3 is 14.6 Å². The highest BCUT2D eigenvalue weighted by Crippen LogP contribution is 2.77. The SMILES string of the molecule is CC(C)C1=C2[C@H]3CC[C@@H]4[C@@]5(C)CC[C@H](OC(=O)CC(C)(C)C(=O)OC(C)(C)C)C(C)(C)[C@H]5CC[C@@]4(C)[C@]3(C)CC[C@@]2([C@@H](O)CN(Cc2ccc(Cl)cc2)Cc2ccc(Cl)cc2)CC1=O. The lowest BCUT2D eigenvalue weighted by molar-refractivity contribution is -0.235. The lowest BCUT2D eigenvalue weighted by Crippen LogP contribution is -2.66. The molecule has 7 rings (SSSR count). The van der Waals surface area contributed by atoms with E-state index < -0.39 is 22.5 Å². The fourth-order valence-electron chi connectivity index (χ4n) is 14.6. The van der Waals surface area contributed by atoms with E-state index in [0.29, 0.717) is 47.9 Å². The third-order valence-corrected chi connectivity index (χ3v) is 18.4. The highest BCUT2D eigenvalue weighted by atomic mass is 35.5. The Morgan fingerprint density at radius 1 is 0.781 bits per heavy atom. The van der Waals surface area contributed by atoms with Gasteiger partial charge >= 0.3 is 11.9 Å². The van der Waals surface area contributed by atoms with Crippen molar-refractivity contribution >= 4 is 40.9 Å². The number of Topliss-reactive ketones (excluding diaryl/α,β-unsaturated/α-hetero) is 1. The van der Waals surface area contributed by atoms with Crippen molar-refractivity contribution in [2.75, 3.05) is 6.54 Å². The van der Waals surface area contributed by atoms with Crippen LogP contribution in [0.2, 0.25) is 10.0 Å². The quantitative estimate of drug-likeness (QED) is 0.212. The van der Waals surface area contributed by atoms with E-state index in [1.807, 2.05) is 45.0 Å². The van der Waals surface area contributed by atoms with Crippen LogP contribution in [0.1, 0.15) is 158 Å². The molecular weight excluding hydrogens is 842 g/mol. The number of halogens is 2. The predicted molar refractivity (Wildman–Crippen MR) is 257 cm³/mol. The minimum absolute atomic E-state index is 0.0191. The standard InChI is InChI=1S/C55H77Cl2NO6/c1-34(2)46-40(59)29-55(43(60)33-58(31-35-13-17-37(56)18-14-35)32-36-15-19-38(57)20-16-36)28-27-53(11)39(47(46)55)21-22-42-52(10)25-24-44(51(8,9)41(52)23-26-54(42,53)12)63-45(61)30-50(6,7)48(62)64-49(3,4)5/h13-20,34,39,41-44,60H,21-33H2,1-12H3/t39-,41-,42-,43+,44+,52+,53-,54-,55+/m1/s1. The normalized spacial score (nSPS) is 33.0. The number of ketones is 1. The van der Waals surface area contributed by atoms with Crippen molar-refractivity contribution in [3.8, 4) is 0 Å². The molecule has 5 aliphatic carbocycles. The van der Waals surface area contributed by atoms with Gasteiger partial charge in [0, 0.05) is 46.9 Å². The molecule has 0 unspecified atom stereocenters. The number of ether oxygens (including phenoxy) is 2. The van der Waals surface area contributed by atoms with Crippen LogP contribution in [0.5, 0.6) is 0 Å². The van der Waals surface area contributed by atoms with E-state index in [2.05, 4.69) is 77.6 Å². The van der Waals surface area contributed by atoms with E-state index in [9.17, 15) is 19.5 Å². The number of carbonyl (C=O) groups excluding carboxylic acids is 3. The molecule has 64 heavy (non-hydrogen) atoms. The molecule has 352 valence electrons. The van der Waals surface area contributed by atoms with Gasteiger partial charge in [0.25, 0.3) is 0 Å². The van der Waals surface area contributed by atoms with Crippen LogP contribution in [0, 0.1) is 56.2 Å². The molecule has 1 N–H and O–H groups in total. The fourth-order valence-corrected chi connectivity index (χ4v) is 14.9. The Morgan fingerprint density at radius 2 is 1.36 bits per heavy atom. The summed E-state index contributed by atoms with van der Waals surface area (Å²) in [5.74, 6) is 0.611. The van der Waals surface area contributed by atoms with Crippen molar-refractivity contribution in [1.29, 1.82) is 0 Å². The van der Waals surface area contributed by atoms with E-state index in [-0.39, 0.29) is 63.7 Å². The number of aliphatic hydroxyl groups is 1. The number of aliphatic hydroxyl groups excluding tert-OH is 1.